The molecule has 2 amide bonds. The van der Waals surface area contributed by atoms with Gasteiger partial charge in [0, 0.05) is 29.8 Å². The Morgan fingerprint density at radius 1 is 1.00 bits per heavy atom. The van der Waals surface area contributed by atoms with Gasteiger partial charge < -0.3 is 16.0 Å². The second-order valence-electron chi connectivity index (χ2n) is 8.69. The summed E-state index contributed by atoms with van der Waals surface area (Å²) in [5.41, 5.74) is 6.89. The van der Waals surface area contributed by atoms with E-state index in [0.717, 1.165) is 18.9 Å². The van der Waals surface area contributed by atoms with Crippen LogP contribution in [0, 0.1) is 23.4 Å². The number of carbonyl (C=O) groups is 2. The molecule has 8 heteroatoms. The number of nitrogens with zero attached hydrogens (tertiary/aromatic N) is 1. The zero-order chi connectivity index (χ0) is 22.8. The van der Waals surface area contributed by atoms with Gasteiger partial charge in [-0.3, -0.25) is 9.59 Å². The standard InChI is InChI=1S/C24H26F3N3O2/c25-19-12-21(27)20(26)10-15(19)11-22(28)16-8-17-6-7-18(9-16)30(17)23(31)13-29-24(32)14-4-2-1-3-5-14/h1-5,10,12,16-18,22H,6-9,11,13,28H2,(H,29,32)/t16?,17?,18?,22-/m1/s1. The number of nitrogens with one attached hydrogen (secondary N) is 1. The molecular weight excluding hydrogens is 419 g/mol. The molecule has 4 rings (SSSR count). The number of benzene rings is 2. The van der Waals surface area contributed by atoms with Gasteiger partial charge in [-0.1, -0.05) is 18.2 Å². The Morgan fingerprint density at radius 2 is 1.62 bits per heavy atom. The molecule has 3 atom stereocenters. The Labute approximate surface area is 184 Å². The van der Waals surface area contributed by atoms with E-state index in [9.17, 15) is 22.8 Å². The number of nitrogens with two attached hydrogens (primary N) is 1. The van der Waals surface area contributed by atoms with Crippen LogP contribution >= 0.6 is 0 Å². The van der Waals surface area contributed by atoms with Crippen LogP contribution in [0.3, 0.4) is 0 Å². The van der Waals surface area contributed by atoms with Crippen LogP contribution in [0.4, 0.5) is 13.2 Å². The maximum absolute atomic E-state index is 14.0. The smallest absolute Gasteiger partial charge is 0.251 e. The summed E-state index contributed by atoms with van der Waals surface area (Å²) in [6.07, 6.45) is 3.15. The SMILES string of the molecule is N[C@H](Cc1cc(F)c(F)cc1F)C1CC2CCC(C1)N2C(=O)CNC(=O)c1ccccc1. The highest BCUT2D eigenvalue weighted by molar-refractivity contribution is 5.96. The molecule has 2 heterocycles. The van der Waals surface area contributed by atoms with Crippen molar-refractivity contribution in [3.63, 3.8) is 0 Å². The first-order valence-electron chi connectivity index (χ1n) is 10.9. The Morgan fingerprint density at radius 3 is 2.28 bits per heavy atom. The summed E-state index contributed by atoms with van der Waals surface area (Å²) < 4.78 is 40.7. The highest BCUT2D eigenvalue weighted by Gasteiger charge is 2.44. The number of piperidine rings is 1. The molecule has 2 unspecified atom stereocenters. The van der Waals surface area contributed by atoms with E-state index in [2.05, 4.69) is 5.32 Å². The number of carbonyl (C=O) groups excluding carboxylic acids is 2. The van der Waals surface area contributed by atoms with Crippen molar-refractivity contribution in [3.8, 4) is 0 Å². The number of hydrogen-bond acceptors (Lipinski definition) is 3. The molecule has 5 nitrogen and oxygen atoms in total. The molecule has 3 N–H and O–H groups in total. The molecular formula is C24H26F3N3O2. The van der Waals surface area contributed by atoms with Crippen LogP contribution in [0.1, 0.15) is 41.6 Å². The van der Waals surface area contributed by atoms with Gasteiger partial charge in [0.25, 0.3) is 5.91 Å². The van der Waals surface area contributed by atoms with E-state index in [1.165, 1.54) is 0 Å². The minimum atomic E-state index is -1.22. The third kappa shape index (κ3) is 4.65. The second kappa shape index (κ2) is 9.32. The second-order valence-corrected chi connectivity index (χ2v) is 8.69. The van der Waals surface area contributed by atoms with E-state index in [4.69, 9.17) is 5.73 Å². The topological polar surface area (TPSA) is 75.4 Å². The monoisotopic (exact) mass is 445 g/mol. The van der Waals surface area contributed by atoms with Crippen LogP contribution in [0.2, 0.25) is 0 Å². The fraction of sp³-hybridized carbons (Fsp3) is 0.417. The van der Waals surface area contributed by atoms with E-state index < -0.39 is 23.5 Å². The molecule has 2 aliphatic rings. The van der Waals surface area contributed by atoms with E-state index >= 15 is 0 Å². The summed E-state index contributed by atoms with van der Waals surface area (Å²) in [6.45, 7) is -0.0719. The van der Waals surface area contributed by atoms with Crippen molar-refractivity contribution in [2.75, 3.05) is 6.54 Å². The molecule has 2 aromatic carbocycles. The Bertz CT molecular complexity index is 987. The number of rotatable bonds is 6. The zero-order valence-electron chi connectivity index (χ0n) is 17.6. The van der Waals surface area contributed by atoms with Crippen molar-refractivity contribution in [1.82, 2.24) is 10.2 Å². The first-order valence-corrected chi connectivity index (χ1v) is 10.9. The minimum Gasteiger partial charge on any atom is -0.343 e. The quantitative estimate of drug-likeness (QED) is 0.671. The average Bonchev–Trinajstić information content (AvgIpc) is 3.05. The van der Waals surface area contributed by atoms with Crippen molar-refractivity contribution >= 4 is 11.8 Å². The third-order valence-corrected chi connectivity index (χ3v) is 6.64. The van der Waals surface area contributed by atoms with Crippen molar-refractivity contribution in [2.45, 2.75) is 50.2 Å². The van der Waals surface area contributed by atoms with Gasteiger partial charge in [0.05, 0.1) is 6.54 Å². The first kappa shape index (κ1) is 22.3. The average molecular weight is 445 g/mol. The highest BCUT2D eigenvalue weighted by Crippen LogP contribution is 2.40. The molecule has 2 fully saturated rings. The summed E-state index contributed by atoms with van der Waals surface area (Å²) in [5.74, 6) is -3.49. The summed E-state index contributed by atoms with van der Waals surface area (Å²) >= 11 is 0. The zero-order valence-corrected chi connectivity index (χ0v) is 17.6. The molecule has 2 saturated heterocycles. The van der Waals surface area contributed by atoms with Gasteiger partial charge in [-0.05, 0) is 61.8 Å². The fourth-order valence-corrected chi connectivity index (χ4v) is 5.06. The number of fused-ring (bicyclic) bond motifs is 2. The van der Waals surface area contributed by atoms with Crippen LogP contribution < -0.4 is 11.1 Å². The highest BCUT2D eigenvalue weighted by atomic mass is 19.2. The molecule has 0 aromatic heterocycles. The van der Waals surface area contributed by atoms with Gasteiger partial charge in [-0.25, -0.2) is 13.2 Å². The van der Waals surface area contributed by atoms with E-state index in [0.29, 0.717) is 24.5 Å². The summed E-state index contributed by atoms with van der Waals surface area (Å²) in [7, 11) is 0. The molecule has 0 aliphatic carbocycles. The van der Waals surface area contributed by atoms with Crippen LogP contribution in [-0.4, -0.2) is 41.4 Å². The molecule has 2 bridgehead atoms. The molecule has 170 valence electrons. The lowest BCUT2D eigenvalue weighted by atomic mass is 9.82. The minimum absolute atomic E-state index is 0.0146. The molecule has 0 saturated carbocycles. The lowest BCUT2D eigenvalue weighted by Gasteiger charge is -2.41. The lowest BCUT2D eigenvalue weighted by Crippen LogP contribution is -2.52. The van der Waals surface area contributed by atoms with Gasteiger partial charge in [0.2, 0.25) is 5.91 Å². The lowest BCUT2D eigenvalue weighted by molar-refractivity contribution is -0.135. The molecule has 0 radical (unpaired) electrons. The predicted molar refractivity (Wildman–Crippen MR) is 113 cm³/mol. The van der Waals surface area contributed by atoms with Gasteiger partial charge in [0.1, 0.15) is 5.82 Å². The van der Waals surface area contributed by atoms with Crippen LogP contribution in [0.5, 0.6) is 0 Å². The van der Waals surface area contributed by atoms with Crippen molar-refractivity contribution in [3.05, 3.63) is 71.0 Å². The van der Waals surface area contributed by atoms with Crippen LogP contribution in [0.25, 0.3) is 0 Å². The maximum Gasteiger partial charge on any atom is 0.251 e. The van der Waals surface area contributed by atoms with Gasteiger partial charge in [-0.2, -0.15) is 0 Å². The Balaban J connectivity index is 1.34. The Kier molecular flexibility index (Phi) is 6.50. The van der Waals surface area contributed by atoms with E-state index in [1.807, 2.05) is 11.0 Å². The molecule has 32 heavy (non-hydrogen) atoms. The van der Waals surface area contributed by atoms with Crippen molar-refractivity contribution in [2.24, 2.45) is 11.7 Å². The summed E-state index contributed by atoms with van der Waals surface area (Å²) in [4.78, 5) is 26.9. The van der Waals surface area contributed by atoms with E-state index in [-0.39, 0.29) is 48.3 Å². The van der Waals surface area contributed by atoms with E-state index in [1.54, 1.807) is 24.3 Å². The van der Waals surface area contributed by atoms with Crippen molar-refractivity contribution in [1.29, 1.82) is 0 Å². The molecule has 2 aromatic rings. The number of amides is 2. The van der Waals surface area contributed by atoms with Crippen molar-refractivity contribution < 1.29 is 22.8 Å². The summed E-state index contributed by atoms with van der Waals surface area (Å²) in [6, 6.07) is 9.73. The molecule has 0 spiro atoms. The first-order chi connectivity index (χ1) is 15.3. The molecule has 2 aliphatic heterocycles. The van der Waals surface area contributed by atoms with Gasteiger partial charge in [-0.15, -0.1) is 0 Å². The van der Waals surface area contributed by atoms with Crippen LogP contribution in [0.15, 0.2) is 42.5 Å². The third-order valence-electron chi connectivity index (χ3n) is 6.64. The summed E-state index contributed by atoms with van der Waals surface area (Å²) in [5, 5.41) is 2.68. The Hall–Kier alpha value is -2.87. The van der Waals surface area contributed by atoms with Gasteiger partial charge >= 0.3 is 0 Å². The maximum atomic E-state index is 14.0. The largest absolute Gasteiger partial charge is 0.343 e. The van der Waals surface area contributed by atoms with Crippen LogP contribution in [-0.2, 0) is 11.2 Å². The normalized spacial score (nSPS) is 23.1. The van der Waals surface area contributed by atoms with Gasteiger partial charge in [0.15, 0.2) is 11.6 Å². The fourth-order valence-electron chi connectivity index (χ4n) is 5.06. The number of hydrogen-bond donors (Lipinski definition) is 2. The number of halogens is 3. The predicted octanol–water partition coefficient (Wildman–Crippen LogP) is 3.17.